The van der Waals surface area contributed by atoms with Crippen LogP contribution < -0.4 is 5.32 Å². The maximum Gasteiger partial charge on any atom is 0.250 e. The van der Waals surface area contributed by atoms with E-state index in [2.05, 4.69) is 5.32 Å². The summed E-state index contributed by atoms with van der Waals surface area (Å²) in [5.74, 6) is -0.953. The predicted octanol–water partition coefficient (Wildman–Crippen LogP) is 3.50. The molecule has 6 heteroatoms. The van der Waals surface area contributed by atoms with Gasteiger partial charge in [0.05, 0.1) is 21.8 Å². The molecular formula is C11H12Cl2FNO2. The maximum absolute atomic E-state index is 12.9. The fourth-order valence-corrected chi connectivity index (χ4v) is 1.63. The van der Waals surface area contributed by atoms with Crippen molar-refractivity contribution in [3.63, 3.8) is 0 Å². The van der Waals surface area contributed by atoms with Crippen molar-refractivity contribution in [1.82, 2.24) is 0 Å². The first kappa shape index (κ1) is 14.2. The largest absolute Gasteiger partial charge is 0.369 e. The molecule has 3 nitrogen and oxygen atoms in total. The molecule has 1 amide bonds. The summed E-state index contributed by atoms with van der Waals surface area (Å²) in [6, 6.07) is 2.15. The van der Waals surface area contributed by atoms with Crippen LogP contribution in [0.25, 0.3) is 0 Å². The topological polar surface area (TPSA) is 38.3 Å². The first-order chi connectivity index (χ1) is 7.90. The Kier molecular flexibility index (Phi) is 5.18. The first-order valence-corrected chi connectivity index (χ1v) is 5.71. The lowest BCUT2D eigenvalue weighted by molar-refractivity contribution is -0.121. The molecule has 0 aliphatic heterocycles. The fourth-order valence-electron chi connectivity index (χ4n) is 1.08. The number of amides is 1. The summed E-state index contributed by atoms with van der Waals surface area (Å²) >= 11 is 11.5. The Morgan fingerprint density at radius 3 is 2.41 bits per heavy atom. The third kappa shape index (κ3) is 4.50. The number of benzene rings is 1. The zero-order valence-electron chi connectivity index (χ0n) is 9.39. The number of carbonyl (C=O) groups excluding carboxylic acids is 1. The Bertz CT molecular complexity index is 401. The molecule has 0 unspecified atom stereocenters. The maximum atomic E-state index is 12.9. The summed E-state index contributed by atoms with van der Waals surface area (Å²) in [5, 5.41) is 2.56. The molecule has 0 aliphatic rings. The molecule has 1 aromatic carbocycles. The van der Waals surface area contributed by atoms with Crippen LogP contribution in [0.4, 0.5) is 10.1 Å². The number of carbonyl (C=O) groups is 1. The highest BCUT2D eigenvalue weighted by molar-refractivity contribution is 6.39. The molecule has 0 saturated heterocycles. The monoisotopic (exact) mass is 279 g/mol. The molecule has 1 rings (SSSR count). The van der Waals surface area contributed by atoms with Crippen molar-refractivity contribution >= 4 is 34.8 Å². The van der Waals surface area contributed by atoms with Crippen molar-refractivity contribution in [2.45, 2.75) is 20.0 Å². The van der Waals surface area contributed by atoms with Gasteiger partial charge in [0.2, 0.25) is 5.91 Å². The Morgan fingerprint density at radius 1 is 1.41 bits per heavy atom. The summed E-state index contributed by atoms with van der Waals surface area (Å²) in [4.78, 5) is 11.5. The summed E-state index contributed by atoms with van der Waals surface area (Å²) < 4.78 is 18.0. The summed E-state index contributed by atoms with van der Waals surface area (Å²) in [7, 11) is 0. The van der Waals surface area contributed by atoms with Gasteiger partial charge in [-0.25, -0.2) is 4.39 Å². The van der Waals surface area contributed by atoms with E-state index in [0.717, 1.165) is 12.1 Å². The average Bonchev–Trinajstić information content (AvgIpc) is 2.20. The van der Waals surface area contributed by atoms with Gasteiger partial charge in [0, 0.05) is 0 Å². The van der Waals surface area contributed by atoms with Crippen LogP contribution in [0.3, 0.4) is 0 Å². The standard InChI is InChI=1S/C11H12Cl2FNO2/c1-6(2)17-5-10(16)15-11-8(12)3-7(14)4-9(11)13/h3-4,6H,5H2,1-2H3,(H,15,16). The summed E-state index contributed by atoms with van der Waals surface area (Å²) in [6.45, 7) is 3.51. The number of nitrogens with one attached hydrogen (secondary N) is 1. The van der Waals surface area contributed by atoms with Gasteiger partial charge >= 0.3 is 0 Å². The lowest BCUT2D eigenvalue weighted by atomic mass is 10.3. The summed E-state index contributed by atoms with van der Waals surface area (Å²) in [6.07, 6.45) is -0.0556. The van der Waals surface area contributed by atoms with Crippen molar-refractivity contribution in [3.8, 4) is 0 Å². The van der Waals surface area contributed by atoms with E-state index in [9.17, 15) is 9.18 Å². The molecule has 0 spiro atoms. The first-order valence-electron chi connectivity index (χ1n) is 4.96. The molecule has 0 heterocycles. The fraction of sp³-hybridized carbons (Fsp3) is 0.364. The van der Waals surface area contributed by atoms with E-state index < -0.39 is 11.7 Å². The lowest BCUT2D eigenvalue weighted by Gasteiger charge is -2.11. The van der Waals surface area contributed by atoms with Crippen molar-refractivity contribution in [3.05, 3.63) is 28.0 Å². The molecule has 0 aromatic heterocycles. The van der Waals surface area contributed by atoms with Crippen LogP contribution in [0.15, 0.2) is 12.1 Å². The second-order valence-corrected chi connectivity index (χ2v) is 4.47. The van der Waals surface area contributed by atoms with Gasteiger partial charge < -0.3 is 10.1 Å². The summed E-state index contributed by atoms with van der Waals surface area (Å²) in [5.41, 5.74) is 0.187. The van der Waals surface area contributed by atoms with E-state index in [0.29, 0.717) is 0 Å². The highest BCUT2D eigenvalue weighted by atomic mass is 35.5. The smallest absolute Gasteiger partial charge is 0.250 e. The lowest BCUT2D eigenvalue weighted by Crippen LogP contribution is -2.21. The van der Waals surface area contributed by atoms with Gasteiger partial charge in [0.1, 0.15) is 12.4 Å². The highest BCUT2D eigenvalue weighted by Crippen LogP contribution is 2.31. The molecule has 0 saturated carbocycles. The number of ether oxygens (including phenoxy) is 1. The van der Waals surface area contributed by atoms with Crippen LogP contribution in [0.2, 0.25) is 10.0 Å². The molecule has 1 N–H and O–H groups in total. The minimum atomic E-state index is -0.559. The molecule has 0 bridgehead atoms. The van der Waals surface area contributed by atoms with Gasteiger partial charge in [-0.3, -0.25) is 4.79 Å². The van der Waals surface area contributed by atoms with E-state index in [1.807, 2.05) is 13.8 Å². The second kappa shape index (κ2) is 6.19. The van der Waals surface area contributed by atoms with Crippen molar-refractivity contribution in [1.29, 1.82) is 0 Å². The normalized spacial score (nSPS) is 10.7. The average molecular weight is 280 g/mol. The number of rotatable bonds is 4. The van der Waals surface area contributed by atoms with Gasteiger partial charge in [-0.05, 0) is 26.0 Å². The van der Waals surface area contributed by atoms with Gasteiger partial charge in [0.25, 0.3) is 0 Å². The van der Waals surface area contributed by atoms with E-state index in [4.69, 9.17) is 27.9 Å². The van der Waals surface area contributed by atoms with Gasteiger partial charge in [-0.1, -0.05) is 23.2 Å². The van der Waals surface area contributed by atoms with Crippen LogP contribution in [0.1, 0.15) is 13.8 Å². The van der Waals surface area contributed by atoms with Gasteiger partial charge in [-0.15, -0.1) is 0 Å². The van der Waals surface area contributed by atoms with Gasteiger partial charge in [-0.2, -0.15) is 0 Å². The Labute approximate surface area is 109 Å². The molecule has 94 valence electrons. The van der Waals surface area contributed by atoms with Crippen LogP contribution in [-0.2, 0) is 9.53 Å². The number of hydrogen-bond acceptors (Lipinski definition) is 2. The third-order valence-electron chi connectivity index (χ3n) is 1.82. The minimum absolute atomic E-state index is 0.0490. The number of anilines is 1. The van der Waals surface area contributed by atoms with Crippen molar-refractivity contribution in [2.24, 2.45) is 0 Å². The number of hydrogen-bond donors (Lipinski definition) is 1. The highest BCUT2D eigenvalue weighted by Gasteiger charge is 2.12. The molecular weight excluding hydrogens is 268 g/mol. The van der Waals surface area contributed by atoms with E-state index in [-0.39, 0.29) is 28.4 Å². The van der Waals surface area contributed by atoms with Crippen molar-refractivity contribution in [2.75, 3.05) is 11.9 Å². The quantitative estimate of drug-likeness (QED) is 0.916. The van der Waals surface area contributed by atoms with E-state index in [1.165, 1.54) is 0 Å². The van der Waals surface area contributed by atoms with Crippen LogP contribution in [-0.4, -0.2) is 18.6 Å². The Hall–Kier alpha value is -0.840. The van der Waals surface area contributed by atoms with Gasteiger partial charge in [0.15, 0.2) is 0 Å². The Balaban J connectivity index is 2.72. The number of halogens is 3. The SMILES string of the molecule is CC(C)OCC(=O)Nc1c(Cl)cc(F)cc1Cl. The van der Waals surface area contributed by atoms with Crippen LogP contribution in [0, 0.1) is 5.82 Å². The third-order valence-corrected chi connectivity index (χ3v) is 2.42. The predicted molar refractivity (Wildman–Crippen MR) is 66.1 cm³/mol. The second-order valence-electron chi connectivity index (χ2n) is 3.65. The van der Waals surface area contributed by atoms with Crippen LogP contribution >= 0.6 is 23.2 Å². The molecule has 0 fully saturated rings. The van der Waals surface area contributed by atoms with Crippen LogP contribution in [0.5, 0.6) is 0 Å². The molecule has 0 aliphatic carbocycles. The minimum Gasteiger partial charge on any atom is -0.369 e. The zero-order valence-corrected chi connectivity index (χ0v) is 10.9. The molecule has 17 heavy (non-hydrogen) atoms. The Morgan fingerprint density at radius 2 is 1.94 bits per heavy atom. The molecule has 0 atom stereocenters. The van der Waals surface area contributed by atoms with E-state index in [1.54, 1.807) is 0 Å². The zero-order chi connectivity index (χ0) is 13.0. The molecule has 0 radical (unpaired) electrons. The molecule has 1 aromatic rings. The van der Waals surface area contributed by atoms with Crippen molar-refractivity contribution < 1.29 is 13.9 Å². The van der Waals surface area contributed by atoms with E-state index >= 15 is 0 Å².